The van der Waals surface area contributed by atoms with Gasteiger partial charge in [0.15, 0.2) is 0 Å². The third-order valence-electron chi connectivity index (χ3n) is 3.51. The fraction of sp³-hybridized carbons (Fsp3) is 0.125. The second-order valence-corrected chi connectivity index (χ2v) is 4.86. The second kappa shape index (κ2) is 4.49. The van der Waals surface area contributed by atoms with Crippen molar-refractivity contribution >= 4 is 10.8 Å². The molecule has 2 aromatic carbocycles. The summed E-state index contributed by atoms with van der Waals surface area (Å²) in [5.41, 5.74) is 0.753. The molecule has 0 saturated heterocycles. The zero-order chi connectivity index (χ0) is 14.3. The van der Waals surface area contributed by atoms with Crippen molar-refractivity contribution in [3.63, 3.8) is 0 Å². The quantitative estimate of drug-likeness (QED) is 0.675. The molecular weight excluding hydrogens is 252 g/mol. The molecule has 0 fully saturated rings. The predicted octanol–water partition coefficient (Wildman–Crippen LogP) is 1.90. The Labute approximate surface area is 115 Å². The Morgan fingerprint density at radius 3 is 2.35 bits per heavy atom. The van der Waals surface area contributed by atoms with E-state index in [1.807, 2.05) is 42.5 Å². The van der Waals surface area contributed by atoms with Crippen molar-refractivity contribution in [2.75, 3.05) is 0 Å². The summed E-state index contributed by atoms with van der Waals surface area (Å²) in [6.45, 7) is 0. The summed E-state index contributed by atoms with van der Waals surface area (Å²) >= 11 is 0. The van der Waals surface area contributed by atoms with Crippen LogP contribution >= 0.6 is 0 Å². The third-order valence-corrected chi connectivity index (χ3v) is 3.51. The zero-order valence-electron chi connectivity index (χ0n) is 11.3. The van der Waals surface area contributed by atoms with Gasteiger partial charge in [-0.1, -0.05) is 36.4 Å². The van der Waals surface area contributed by atoms with Crippen LogP contribution in [0.5, 0.6) is 0 Å². The van der Waals surface area contributed by atoms with Crippen LogP contribution in [0.2, 0.25) is 0 Å². The van der Waals surface area contributed by atoms with Gasteiger partial charge in [-0.05, 0) is 22.4 Å². The first-order valence-electron chi connectivity index (χ1n) is 6.34. The van der Waals surface area contributed by atoms with Crippen LogP contribution in [0.15, 0.2) is 58.3 Å². The van der Waals surface area contributed by atoms with Crippen LogP contribution < -0.4 is 11.2 Å². The van der Waals surface area contributed by atoms with Gasteiger partial charge in [-0.25, -0.2) is 4.79 Å². The van der Waals surface area contributed by atoms with E-state index in [-0.39, 0.29) is 11.2 Å². The van der Waals surface area contributed by atoms with Crippen molar-refractivity contribution in [1.29, 1.82) is 0 Å². The van der Waals surface area contributed by atoms with Gasteiger partial charge in [0, 0.05) is 20.3 Å². The number of hydrogen-bond donors (Lipinski definition) is 0. The molecule has 3 aromatic rings. The SMILES string of the molecule is Cn1cc(-c2ccc3ccccc3c2)c(=O)n(C)c1=O. The van der Waals surface area contributed by atoms with Gasteiger partial charge in [-0.2, -0.15) is 0 Å². The van der Waals surface area contributed by atoms with Gasteiger partial charge in [0.05, 0.1) is 5.56 Å². The minimum absolute atomic E-state index is 0.275. The number of aryl methyl sites for hydroxylation is 1. The smallest absolute Gasteiger partial charge is 0.303 e. The summed E-state index contributed by atoms with van der Waals surface area (Å²) in [6.07, 6.45) is 1.59. The van der Waals surface area contributed by atoms with Crippen LogP contribution in [0, 0.1) is 0 Å². The second-order valence-electron chi connectivity index (χ2n) is 4.86. The molecule has 1 heterocycles. The van der Waals surface area contributed by atoms with E-state index in [2.05, 4.69) is 0 Å². The molecule has 20 heavy (non-hydrogen) atoms. The highest BCUT2D eigenvalue weighted by atomic mass is 16.2. The number of hydrogen-bond acceptors (Lipinski definition) is 2. The van der Waals surface area contributed by atoms with Gasteiger partial charge in [0.2, 0.25) is 0 Å². The van der Waals surface area contributed by atoms with Crippen molar-refractivity contribution in [2.45, 2.75) is 0 Å². The van der Waals surface area contributed by atoms with Crippen LogP contribution in [0.1, 0.15) is 0 Å². The first kappa shape index (κ1) is 12.4. The molecule has 0 bridgehead atoms. The number of fused-ring (bicyclic) bond motifs is 1. The average Bonchev–Trinajstić information content (AvgIpc) is 2.48. The van der Waals surface area contributed by atoms with Crippen molar-refractivity contribution in [1.82, 2.24) is 9.13 Å². The van der Waals surface area contributed by atoms with Crippen molar-refractivity contribution in [3.05, 3.63) is 69.5 Å². The van der Waals surface area contributed by atoms with Gasteiger partial charge in [0.25, 0.3) is 5.56 Å². The van der Waals surface area contributed by atoms with Crippen molar-refractivity contribution in [2.24, 2.45) is 14.1 Å². The Balaban J connectivity index is 2.31. The van der Waals surface area contributed by atoms with Gasteiger partial charge in [-0.15, -0.1) is 0 Å². The lowest BCUT2D eigenvalue weighted by Crippen LogP contribution is -2.37. The Bertz CT molecular complexity index is 920. The molecule has 0 unspecified atom stereocenters. The monoisotopic (exact) mass is 266 g/mol. The molecule has 100 valence electrons. The molecule has 0 aliphatic rings. The van der Waals surface area contributed by atoms with E-state index in [0.717, 1.165) is 20.9 Å². The summed E-state index contributed by atoms with van der Waals surface area (Å²) in [4.78, 5) is 23.9. The summed E-state index contributed by atoms with van der Waals surface area (Å²) in [7, 11) is 3.14. The van der Waals surface area contributed by atoms with Crippen LogP contribution in [-0.2, 0) is 14.1 Å². The molecular formula is C16H14N2O2. The Kier molecular flexibility index (Phi) is 2.79. The number of rotatable bonds is 1. The Morgan fingerprint density at radius 2 is 1.60 bits per heavy atom. The molecule has 0 N–H and O–H groups in total. The normalized spacial score (nSPS) is 10.9. The highest BCUT2D eigenvalue weighted by molar-refractivity contribution is 5.87. The largest absolute Gasteiger partial charge is 0.330 e. The van der Waals surface area contributed by atoms with E-state index in [1.54, 1.807) is 13.2 Å². The lowest BCUT2D eigenvalue weighted by molar-refractivity contribution is 0.689. The van der Waals surface area contributed by atoms with Crippen LogP contribution in [0.4, 0.5) is 0 Å². The van der Waals surface area contributed by atoms with Crippen LogP contribution in [0.25, 0.3) is 21.9 Å². The zero-order valence-corrected chi connectivity index (χ0v) is 11.3. The predicted molar refractivity (Wildman–Crippen MR) is 79.9 cm³/mol. The highest BCUT2D eigenvalue weighted by Crippen LogP contribution is 2.21. The first-order chi connectivity index (χ1) is 9.58. The topological polar surface area (TPSA) is 44.0 Å². The van der Waals surface area contributed by atoms with Gasteiger partial charge in [-0.3, -0.25) is 9.36 Å². The summed E-state index contributed by atoms with van der Waals surface area (Å²) in [5, 5.41) is 2.19. The maximum Gasteiger partial charge on any atom is 0.330 e. The van der Waals surface area contributed by atoms with Crippen LogP contribution in [0.3, 0.4) is 0 Å². The van der Waals surface area contributed by atoms with E-state index in [1.165, 1.54) is 11.6 Å². The number of nitrogens with zero attached hydrogens (tertiary/aromatic N) is 2. The Hall–Kier alpha value is -2.62. The van der Waals surface area contributed by atoms with E-state index in [0.29, 0.717) is 5.56 Å². The van der Waals surface area contributed by atoms with E-state index >= 15 is 0 Å². The Morgan fingerprint density at radius 1 is 0.900 bits per heavy atom. The van der Waals surface area contributed by atoms with Crippen molar-refractivity contribution in [3.8, 4) is 11.1 Å². The first-order valence-corrected chi connectivity index (χ1v) is 6.34. The molecule has 0 saturated carbocycles. The van der Waals surface area contributed by atoms with E-state index in [9.17, 15) is 9.59 Å². The maximum absolute atomic E-state index is 12.2. The molecule has 0 amide bonds. The molecule has 1 aromatic heterocycles. The standard InChI is InChI=1S/C16H14N2O2/c1-17-10-14(15(19)18(2)16(17)20)13-8-7-11-5-3-4-6-12(11)9-13/h3-10H,1-2H3. The van der Waals surface area contributed by atoms with Gasteiger partial charge >= 0.3 is 5.69 Å². The van der Waals surface area contributed by atoms with E-state index < -0.39 is 0 Å². The molecule has 0 spiro atoms. The maximum atomic E-state index is 12.2. The highest BCUT2D eigenvalue weighted by Gasteiger charge is 2.09. The minimum Gasteiger partial charge on any atom is -0.303 e. The fourth-order valence-corrected chi connectivity index (χ4v) is 2.36. The number of aromatic nitrogens is 2. The molecule has 0 aliphatic carbocycles. The summed E-state index contributed by atoms with van der Waals surface area (Å²) in [5.74, 6) is 0. The molecule has 0 radical (unpaired) electrons. The summed E-state index contributed by atoms with van der Waals surface area (Å²) in [6, 6.07) is 13.8. The van der Waals surface area contributed by atoms with Gasteiger partial charge < -0.3 is 4.57 Å². The number of benzene rings is 2. The lowest BCUT2D eigenvalue weighted by Gasteiger charge is -2.07. The lowest BCUT2D eigenvalue weighted by atomic mass is 10.0. The molecule has 0 aliphatic heterocycles. The summed E-state index contributed by atoms with van der Waals surface area (Å²) < 4.78 is 2.55. The van der Waals surface area contributed by atoms with Gasteiger partial charge in [0.1, 0.15) is 0 Å². The molecule has 0 atom stereocenters. The molecule has 3 rings (SSSR count). The minimum atomic E-state index is -0.320. The van der Waals surface area contributed by atoms with E-state index in [4.69, 9.17) is 0 Å². The molecule has 4 nitrogen and oxygen atoms in total. The molecule has 4 heteroatoms. The average molecular weight is 266 g/mol. The third kappa shape index (κ3) is 1.86. The fourth-order valence-electron chi connectivity index (χ4n) is 2.36. The van der Waals surface area contributed by atoms with Crippen LogP contribution in [-0.4, -0.2) is 9.13 Å². The van der Waals surface area contributed by atoms with Crippen molar-refractivity contribution < 1.29 is 0 Å².